The smallest absolute Gasteiger partial charge is 0.203 e. The summed E-state index contributed by atoms with van der Waals surface area (Å²) in [5.74, 6) is 1.70. The summed E-state index contributed by atoms with van der Waals surface area (Å²) in [6.07, 6.45) is 5.40. The third kappa shape index (κ3) is 3.91. The summed E-state index contributed by atoms with van der Waals surface area (Å²) in [5.41, 5.74) is 0.856. The molecule has 0 fully saturated rings. The minimum atomic E-state index is -1.02. The van der Waals surface area contributed by atoms with E-state index >= 15 is 0 Å². The molecule has 19 heavy (non-hydrogen) atoms. The Labute approximate surface area is 120 Å². The molecule has 0 N–H and O–H groups in total. The fourth-order valence-electron chi connectivity index (χ4n) is 1.58. The second-order valence-corrected chi connectivity index (χ2v) is 6.03. The molecule has 0 heterocycles. The highest BCUT2D eigenvalue weighted by atomic mass is 32.2. The number of hydrogen-bond acceptors (Lipinski definition) is 5. The van der Waals surface area contributed by atoms with Gasteiger partial charge in [0.05, 0.1) is 36.4 Å². The van der Waals surface area contributed by atoms with Crippen molar-refractivity contribution in [3.05, 3.63) is 21.9 Å². The molecule has 0 bridgehead atoms. The quantitative estimate of drug-likeness (QED) is 0.808. The highest BCUT2D eigenvalue weighted by molar-refractivity contribution is 8.16. The third-order valence-electron chi connectivity index (χ3n) is 2.46. The summed E-state index contributed by atoms with van der Waals surface area (Å²) in [6.45, 7) is 0. The number of hydrogen-bond donors (Lipinski definition) is 0. The van der Waals surface area contributed by atoms with Crippen LogP contribution < -0.4 is 14.2 Å². The highest BCUT2D eigenvalue weighted by Gasteiger charge is 2.13. The van der Waals surface area contributed by atoms with Gasteiger partial charge in [0, 0.05) is 6.26 Å². The van der Waals surface area contributed by atoms with Crippen molar-refractivity contribution in [1.82, 2.24) is 0 Å². The maximum atomic E-state index is 11.5. The number of ether oxygens (including phenoxy) is 3. The highest BCUT2D eigenvalue weighted by Crippen LogP contribution is 2.39. The van der Waals surface area contributed by atoms with Crippen molar-refractivity contribution in [3.8, 4) is 17.2 Å². The Hall–Kier alpha value is -1.14. The van der Waals surface area contributed by atoms with Crippen LogP contribution in [0.4, 0.5) is 0 Å². The largest absolute Gasteiger partial charge is 0.493 e. The zero-order chi connectivity index (χ0) is 14.4. The number of rotatable bonds is 6. The molecule has 1 aromatic carbocycles. The number of methoxy groups -OCH3 is 3. The van der Waals surface area contributed by atoms with E-state index in [9.17, 15) is 4.21 Å². The molecule has 0 saturated heterocycles. The first-order valence-corrected chi connectivity index (χ1v) is 8.24. The molecule has 1 unspecified atom stereocenters. The molecule has 0 aromatic heterocycles. The zero-order valence-electron chi connectivity index (χ0n) is 11.7. The molecular weight excluding hydrogens is 284 g/mol. The normalized spacial score (nSPS) is 13.0. The van der Waals surface area contributed by atoms with E-state index in [0.29, 0.717) is 17.2 Å². The van der Waals surface area contributed by atoms with E-state index in [1.165, 1.54) is 11.8 Å². The van der Waals surface area contributed by atoms with E-state index in [0.717, 1.165) is 9.80 Å². The fourth-order valence-corrected chi connectivity index (χ4v) is 3.07. The Morgan fingerprint density at radius 1 is 1.16 bits per heavy atom. The first-order chi connectivity index (χ1) is 9.07. The van der Waals surface area contributed by atoms with Gasteiger partial charge >= 0.3 is 0 Å². The van der Waals surface area contributed by atoms with Crippen molar-refractivity contribution >= 4 is 28.6 Å². The Morgan fingerprint density at radius 3 is 2.00 bits per heavy atom. The Morgan fingerprint density at radius 2 is 1.68 bits per heavy atom. The zero-order valence-corrected chi connectivity index (χ0v) is 13.3. The van der Waals surface area contributed by atoms with Crippen LogP contribution >= 0.6 is 11.8 Å². The SMILES string of the molecule is COc1cc(C=C(SC)S(C)=O)cc(OC)c1OC. The van der Waals surface area contributed by atoms with Gasteiger partial charge in [0.2, 0.25) is 5.75 Å². The van der Waals surface area contributed by atoms with Crippen LogP contribution in [0.15, 0.2) is 16.4 Å². The molecular formula is C13H18O4S2. The average Bonchev–Trinajstić information content (AvgIpc) is 2.42. The summed E-state index contributed by atoms with van der Waals surface area (Å²) in [6, 6.07) is 3.65. The van der Waals surface area contributed by atoms with Crippen molar-refractivity contribution in [2.24, 2.45) is 0 Å². The van der Waals surface area contributed by atoms with Crippen LogP contribution in [0.2, 0.25) is 0 Å². The lowest BCUT2D eigenvalue weighted by Crippen LogP contribution is -1.96. The molecule has 0 radical (unpaired) electrons. The van der Waals surface area contributed by atoms with E-state index in [1.807, 2.05) is 24.5 Å². The van der Waals surface area contributed by atoms with Crippen molar-refractivity contribution in [1.29, 1.82) is 0 Å². The molecule has 1 rings (SSSR count). The first kappa shape index (κ1) is 15.9. The van der Waals surface area contributed by atoms with Gasteiger partial charge in [-0.2, -0.15) is 0 Å². The first-order valence-electron chi connectivity index (χ1n) is 5.46. The minimum absolute atomic E-state index is 0.547. The second kappa shape index (κ2) is 7.45. The van der Waals surface area contributed by atoms with Gasteiger partial charge in [-0.3, -0.25) is 4.21 Å². The lowest BCUT2D eigenvalue weighted by molar-refractivity contribution is 0.324. The number of thioether (sulfide) groups is 1. The van der Waals surface area contributed by atoms with Gasteiger partial charge in [-0.25, -0.2) is 0 Å². The standard InChI is InChI=1S/C13H18O4S2/c1-15-10-6-9(8-12(18-4)19(5)14)7-11(16-2)13(10)17-3/h6-8H,1-5H3. The maximum Gasteiger partial charge on any atom is 0.203 e. The van der Waals surface area contributed by atoms with Crippen LogP contribution in [0, 0.1) is 0 Å². The molecule has 6 heteroatoms. The second-order valence-electron chi connectivity index (χ2n) is 3.58. The summed E-state index contributed by atoms with van der Waals surface area (Å²) in [5, 5.41) is 0. The minimum Gasteiger partial charge on any atom is -0.493 e. The third-order valence-corrected chi connectivity index (χ3v) is 4.86. The van der Waals surface area contributed by atoms with Crippen molar-refractivity contribution in [3.63, 3.8) is 0 Å². The van der Waals surface area contributed by atoms with Gasteiger partial charge in [-0.15, -0.1) is 11.8 Å². The van der Waals surface area contributed by atoms with E-state index in [2.05, 4.69) is 0 Å². The van der Waals surface area contributed by atoms with Crippen molar-refractivity contribution < 1.29 is 18.4 Å². The fraction of sp³-hybridized carbons (Fsp3) is 0.385. The Bertz CT molecular complexity index is 472. The Kier molecular flexibility index (Phi) is 6.24. The summed E-state index contributed by atoms with van der Waals surface area (Å²) < 4.78 is 28.1. The topological polar surface area (TPSA) is 44.8 Å². The van der Waals surface area contributed by atoms with Gasteiger partial charge in [0.25, 0.3) is 0 Å². The van der Waals surface area contributed by atoms with Crippen LogP contribution in [0.1, 0.15) is 5.56 Å². The number of benzene rings is 1. The summed E-state index contributed by atoms with van der Waals surface area (Å²) in [4.78, 5) is 0. The van der Waals surface area contributed by atoms with Crippen LogP contribution in [0.5, 0.6) is 17.2 Å². The van der Waals surface area contributed by atoms with E-state index < -0.39 is 10.8 Å². The predicted molar refractivity (Wildman–Crippen MR) is 81.7 cm³/mol. The van der Waals surface area contributed by atoms with E-state index in [4.69, 9.17) is 14.2 Å². The van der Waals surface area contributed by atoms with Gasteiger partial charge in [-0.1, -0.05) is 0 Å². The van der Waals surface area contributed by atoms with Gasteiger partial charge in [0.1, 0.15) is 0 Å². The van der Waals surface area contributed by atoms with E-state index in [1.54, 1.807) is 27.6 Å². The van der Waals surface area contributed by atoms with Crippen LogP contribution in [-0.2, 0) is 10.8 Å². The molecule has 0 aliphatic carbocycles. The maximum absolute atomic E-state index is 11.5. The molecule has 0 aliphatic rings. The molecule has 1 atom stereocenters. The van der Waals surface area contributed by atoms with Crippen LogP contribution in [-0.4, -0.2) is 38.0 Å². The molecule has 106 valence electrons. The lowest BCUT2D eigenvalue weighted by atomic mass is 10.2. The molecule has 0 amide bonds. The molecule has 0 spiro atoms. The molecule has 0 saturated carbocycles. The summed E-state index contributed by atoms with van der Waals surface area (Å²) >= 11 is 1.46. The van der Waals surface area contributed by atoms with Gasteiger partial charge < -0.3 is 14.2 Å². The molecule has 4 nitrogen and oxygen atoms in total. The van der Waals surface area contributed by atoms with Crippen molar-refractivity contribution in [2.45, 2.75) is 0 Å². The monoisotopic (exact) mass is 302 g/mol. The molecule has 0 aliphatic heterocycles. The van der Waals surface area contributed by atoms with Gasteiger partial charge in [-0.05, 0) is 30.0 Å². The van der Waals surface area contributed by atoms with Crippen molar-refractivity contribution in [2.75, 3.05) is 33.8 Å². The molecule has 1 aromatic rings. The predicted octanol–water partition coefficient (Wildman–Crippen LogP) is 2.75. The van der Waals surface area contributed by atoms with Crippen LogP contribution in [0.3, 0.4) is 0 Å². The average molecular weight is 302 g/mol. The van der Waals surface area contributed by atoms with E-state index in [-0.39, 0.29) is 0 Å². The van der Waals surface area contributed by atoms with Gasteiger partial charge in [0.15, 0.2) is 11.5 Å². The Balaban J connectivity index is 3.34. The van der Waals surface area contributed by atoms with Crippen LogP contribution in [0.25, 0.3) is 6.08 Å². The summed E-state index contributed by atoms with van der Waals surface area (Å²) in [7, 11) is 3.68. The lowest BCUT2D eigenvalue weighted by Gasteiger charge is -2.13.